The molecule has 2 aromatic carbocycles. The molecule has 0 bridgehead atoms. The Hall–Kier alpha value is -3.08. The highest BCUT2D eigenvalue weighted by molar-refractivity contribution is 6.45. The molecule has 4 rings (SSSR count). The highest BCUT2D eigenvalue weighted by Crippen LogP contribution is 2.40. The zero-order valence-corrected chi connectivity index (χ0v) is 19.6. The smallest absolute Gasteiger partial charge is 0.282 e. The number of hydrogen-bond acceptors (Lipinski definition) is 4. The van der Waals surface area contributed by atoms with Gasteiger partial charge in [0.1, 0.15) is 11.4 Å². The maximum absolute atomic E-state index is 13.9. The number of carbonyl (C=O) groups is 2. The van der Waals surface area contributed by atoms with Crippen LogP contribution in [0, 0.1) is 19.8 Å². The fraction of sp³-hybridized carbons (Fsp3) is 0.407. The molecule has 0 spiro atoms. The van der Waals surface area contributed by atoms with Gasteiger partial charge in [-0.15, -0.1) is 0 Å². The molecule has 0 saturated carbocycles. The monoisotopic (exact) mass is 432 g/mol. The van der Waals surface area contributed by atoms with E-state index in [0.29, 0.717) is 28.6 Å². The lowest BCUT2D eigenvalue weighted by molar-refractivity contribution is -0.120. The highest BCUT2D eigenvalue weighted by atomic mass is 16.5. The van der Waals surface area contributed by atoms with Crippen LogP contribution < -0.4 is 9.64 Å². The number of nitrogens with zero attached hydrogens (tertiary/aromatic N) is 2. The minimum absolute atomic E-state index is 0.0708. The van der Waals surface area contributed by atoms with E-state index in [-0.39, 0.29) is 17.9 Å². The van der Waals surface area contributed by atoms with Crippen molar-refractivity contribution in [1.82, 2.24) is 4.90 Å². The largest absolute Gasteiger partial charge is 0.489 e. The minimum atomic E-state index is -0.286. The number of rotatable bonds is 5. The maximum Gasteiger partial charge on any atom is 0.282 e. The Morgan fingerprint density at radius 2 is 1.75 bits per heavy atom. The van der Waals surface area contributed by atoms with Crippen LogP contribution in [-0.4, -0.2) is 35.9 Å². The Morgan fingerprint density at radius 1 is 1.00 bits per heavy atom. The van der Waals surface area contributed by atoms with Gasteiger partial charge in [-0.25, -0.2) is 4.90 Å². The second-order valence-electron chi connectivity index (χ2n) is 9.30. The summed E-state index contributed by atoms with van der Waals surface area (Å²) >= 11 is 0. The van der Waals surface area contributed by atoms with Gasteiger partial charge >= 0.3 is 0 Å². The standard InChI is InChI=1S/C27H32N2O3/c1-17(2)32-23-11-7-6-10-22(23)29-26(30)24(21-13-12-19(4)20(5)15-21)25(27(29)31)28-14-8-9-18(3)16-28/h6-7,10-13,15,17-18H,8-9,14,16H2,1-5H3. The Bertz CT molecular complexity index is 1090. The minimum Gasteiger partial charge on any atom is -0.489 e. The average molecular weight is 433 g/mol. The van der Waals surface area contributed by atoms with Crippen molar-refractivity contribution < 1.29 is 14.3 Å². The van der Waals surface area contributed by atoms with Crippen molar-refractivity contribution in [1.29, 1.82) is 0 Å². The summed E-state index contributed by atoms with van der Waals surface area (Å²) < 4.78 is 5.95. The number of imide groups is 1. The van der Waals surface area contributed by atoms with Crippen molar-refractivity contribution in [3.8, 4) is 5.75 Å². The molecule has 0 aliphatic carbocycles. The van der Waals surface area contributed by atoms with Crippen molar-refractivity contribution in [2.24, 2.45) is 5.92 Å². The third-order valence-electron chi connectivity index (χ3n) is 6.30. The second-order valence-corrected chi connectivity index (χ2v) is 9.30. The SMILES string of the molecule is Cc1ccc(C2=C(N3CCCC(C)C3)C(=O)N(c3ccccc3OC(C)C)C2=O)cc1C. The molecular weight excluding hydrogens is 400 g/mol. The predicted octanol–water partition coefficient (Wildman–Crippen LogP) is 5.11. The van der Waals surface area contributed by atoms with Gasteiger partial charge in [0.2, 0.25) is 0 Å². The van der Waals surface area contributed by atoms with Gasteiger partial charge in [-0.2, -0.15) is 0 Å². The number of likely N-dealkylation sites (tertiary alicyclic amines) is 1. The summed E-state index contributed by atoms with van der Waals surface area (Å²) in [5, 5.41) is 0. The summed E-state index contributed by atoms with van der Waals surface area (Å²) in [6, 6.07) is 13.3. The summed E-state index contributed by atoms with van der Waals surface area (Å²) in [6.45, 7) is 11.7. The van der Waals surface area contributed by atoms with Gasteiger partial charge < -0.3 is 9.64 Å². The van der Waals surface area contributed by atoms with Crippen LogP contribution >= 0.6 is 0 Å². The van der Waals surface area contributed by atoms with Crippen molar-refractivity contribution >= 4 is 23.1 Å². The average Bonchev–Trinajstić information content (AvgIpc) is 3.00. The van der Waals surface area contributed by atoms with E-state index < -0.39 is 0 Å². The number of aryl methyl sites for hydroxylation is 2. The maximum atomic E-state index is 13.9. The summed E-state index contributed by atoms with van der Waals surface area (Å²) in [5.74, 6) is 0.464. The summed E-state index contributed by atoms with van der Waals surface area (Å²) in [5.41, 5.74) is 4.56. The zero-order chi connectivity index (χ0) is 23.0. The Kier molecular flexibility index (Phi) is 6.09. The van der Waals surface area contributed by atoms with E-state index >= 15 is 0 Å². The molecule has 0 N–H and O–H groups in total. The molecule has 1 fully saturated rings. The molecule has 2 aliphatic rings. The number of ether oxygens (including phenoxy) is 1. The van der Waals surface area contributed by atoms with Crippen LogP contribution in [0.4, 0.5) is 5.69 Å². The number of carbonyl (C=O) groups excluding carboxylic acids is 2. The lowest BCUT2D eigenvalue weighted by Gasteiger charge is -2.33. The van der Waals surface area contributed by atoms with E-state index in [0.717, 1.165) is 42.6 Å². The van der Waals surface area contributed by atoms with Gasteiger partial charge in [-0.05, 0) is 75.3 Å². The number of benzene rings is 2. The van der Waals surface area contributed by atoms with Crippen LogP contribution in [0.25, 0.3) is 5.57 Å². The fourth-order valence-electron chi connectivity index (χ4n) is 4.58. The van der Waals surface area contributed by atoms with Gasteiger partial charge in [0.15, 0.2) is 0 Å². The summed E-state index contributed by atoms with van der Waals surface area (Å²) in [7, 11) is 0. The first-order valence-electron chi connectivity index (χ1n) is 11.5. The molecule has 1 saturated heterocycles. The van der Waals surface area contributed by atoms with Crippen molar-refractivity contribution in [3.63, 3.8) is 0 Å². The van der Waals surface area contributed by atoms with Crippen molar-refractivity contribution in [3.05, 3.63) is 64.9 Å². The van der Waals surface area contributed by atoms with E-state index in [1.807, 2.05) is 64.1 Å². The molecular formula is C27H32N2O3. The molecule has 1 unspecified atom stereocenters. The van der Waals surface area contributed by atoms with Crippen molar-refractivity contribution in [2.45, 2.75) is 53.6 Å². The number of para-hydroxylation sites is 2. The van der Waals surface area contributed by atoms with Crippen LogP contribution in [-0.2, 0) is 9.59 Å². The van der Waals surface area contributed by atoms with E-state index in [9.17, 15) is 9.59 Å². The second kappa shape index (κ2) is 8.81. The van der Waals surface area contributed by atoms with Gasteiger partial charge in [-0.1, -0.05) is 37.3 Å². The summed E-state index contributed by atoms with van der Waals surface area (Å²) in [4.78, 5) is 31.1. The molecule has 0 radical (unpaired) electrons. The normalized spacial score (nSPS) is 19.4. The van der Waals surface area contributed by atoms with Crippen LogP contribution in [0.15, 0.2) is 48.2 Å². The van der Waals surface area contributed by atoms with E-state index in [1.54, 1.807) is 6.07 Å². The molecule has 5 heteroatoms. The molecule has 1 atom stereocenters. The molecule has 2 aliphatic heterocycles. The number of hydrogen-bond donors (Lipinski definition) is 0. The van der Waals surface area contributed by atoms with Gasteiger partial charge in [0.05, 0.1) is 17.4 Å². The molecule has 5 nitrogen and oxygen atoms in total. The van der Waals surface area contributed by atoms with Crippen molar-refractivity contribution in [2.75, 3.05) is 18.0 Å². The zero-order valence-electron chi connectivity index (χ0n) is 19.6. The van der Waals surface area contributed by atoms with E-state index in [2.05, 4.69) is 11.8 Å². The fourth-order valence-corrected chi connectivity index (χ4v) is 4.58. The summed E-state index contributed by atoms with van der Waals surface area (Å²) in [6.07, 6.45) is 2.08. The molecule has 32 heavy (non-hydrogen) atoms. The van der Waals surface area contributed by atoms with Crippen LogP contribution in [0.1, 0.15) is 50.3 Å². The predicted molar refractivity (Wildman–Crippen MR) is 128 cm³/mol. The van der Waals surface area contributed by atoms with Crippen LogP contribution in [0.2, 0.25) is 0 Å². The lowest BCUT2D eigenvalue weighted by Crippen LogP contribution is -2.39. The number of amides is 2. The first-order valence-corrected chi connectivity index (χ1v) is 11.5. The Labute approximate surface area is 190 Å². The Balaban J connectivity index is 1.85. The first kappa shape index (κ1) is 22.1. The quantitative estimate of drug-likeness (QED) is 0.617. The molecule has 2 heterocycles. The van der Waals surface area contributed by atoms with Gasteiger partial charge in [0, 0.05) is 13.1 Å². The molecule has 0 aromatic heterocycles. The highest BCUT2D eigenvalue weighted by Gasteiger charge is 2.44. The van der Waals surface area contributed by atoms with Gasteiger partial charge in [-0.3, -0.25) is 9.59 Å². The van der Waals surface area contributed by atoms with Gasteiger partial charge in [0.25, 0.3) is 11.8 Å². The third kappa shape index (κ3) is 4.04. The number of anilines is 1. The molecule has 2 aromatic rings. The van der Waals surface area contributed by atoms with Crippen LogP contribution in [0.5, 0.6) is 5.75 Å². The Morgan fingerprint density at radius 3 is 2.44 bits per heavy atom. The third-order valence-corrected chi connectivity index (χ3v) is 6.30. The molecule has 168 valence electrons. The first-order chi connectivity index (χ1) is 15.3. The van der Waals surface area contributed by atoms with Crippen LogP contribution in [0.3, 0.4) is 0 Å². The van der Waals surface area contributed by atoms with E-state index in [1.165, 1.54) is 4.90 Å². The number of piperidine rings is 1. The molecule has 2 amide bonds. The lowest BCUT2D eigenvalue weighted by atomic mass is 9.96. The topological polar surface area (TPSA) is 49.9 Å². The van der Waals surface area contributed by atoms with E-state index in [4.69, 9.17) is 4.74 Å².